The molecule has 0 aliphatic rings. The summed E-state index contributed by atoms with van der Waals surface area (Å²) in [6.07, 6.45) is -0.115. The minimum Gasteiger partial charge on any atom is -0.493 e. The first kappa shape index (κ1) is 24.5. The van der Waals surface area contributed by atoms with Crippen molar-refractivity contribution in [2.75, 3.05) is 34.3 Å². The summed E-state index contributed by atoms with van der Waals surface area (Å²) in [6, 6.07) is 14.3. The lowest BCUT2D eigenvalue weighted by atomic mass is 10.2. The molecule has 0 aromatic heterocycles. The van der Waals surface area contributed by atoms with Gasteiger partial charge in [0, 0.05) is 20.6 Å². The Balaban J connectivity index is 1.97. The fraction of sp³-hybridized carbons (Fsp3) is 0.409. The lowest BCUT2D eigenvalue weighted by molar-refractivity contribution is 0.213. The number of sulfonamides is 1. The largest absolute Gasteiger partial charge is 0.493 e. The van der Waals surface area contributed by atoms with Crippen molar-refractivity contribution in [1.29, 1.82) is 0 Å². The minimum absolute atomic E-state index is 0.115. The van der Waals surface area contributed by atoms with Crippen LogP contribution in [-0.4, -0.2) is 59.1 Å². The average molecular weight is 449 g/mol. The number of hydrogen-bond acceptors (Lipinski definition) is 5. The van der Waals surface area contributed by atoms with Crippen LogP contribution in [0.15, 0.2) is 58.4 Å². The molecule has 1 atom stereocenters. The number of aliphatic imine (C=N–C) groups is 1. The van der Waals surface area contributed by atoms with E-state index in [1.54, 1.807) is 31.4 Å². The number of para-hydroxylation sites is 2. The van der Waals surface area contributed by atoms with Crippen molar-refractivity contribution in [3.63, 3.8) is 0 Å². The van der Waals surface area contributed by atoms with Gasteiger partial charge in [-0.15, -0.1) is 0 Å². The van der Waals surface area contributed by atoms with Gasteiger partial charge in [-0.2, -0.15) is 0 Å². The van der Waals surface area contributed by atoms with E-state index in [-0.39, 0.29) is 11.0 Å². The summed E-state index contributed by atoms with van der Waals surface area (Å²) >= 11 is 0. The molecule has 0 fully saturated rings. The zero-order valence-electron chi connectivity index (χ0n) is 18.8. The van der Waals surface area contributed by atoms with Crippen LogP contribution in [0.3, 0.4) is 0 Å². The van der Waals surface area contributed by atoms with Crippen LogP contribution in [0.2, 0.25) is 0 Å². The third-order valence-corrected chi connectivity index (χ3v) is 6.25. The number of benzene rings is 2. The van der Waals surface area contributed by atoms with Crippen LogP contribution >= 0.6 is 0 Å². The molecule has 0 saturated heterocycles. The SMILES string of the molecule is CCNC(=NCc1ccc(S(=O)(=O)N(C)C)cc1)NCC(C)Oc1ccccc1OC. The van der Waals surface area contributed by atoms with Crippen molar-refractivity contribution >= 4 is 16.0 Å². The standard InChI is InChI=1S/C22H32N4O4S/c1-6-23-22(24-15-17(2)30-21-10-8-7-9-20(21)29-5)25-16-18-11-13-19(14-12-18)31(27,28)26(3)4/h7-14,17H,6,15-16H2,1-5H3,(H2,23,24,25). The molecule has 2 aromatic carbocycles. The number of methoxy groups -OCH3 is 1. The quantitative estimate of drug-likeness (QED) is 0.429. The maximum Gasteiger partial charge on any atom is 0.242 e. The first-order valence-corrected chi connectivity index (χ1v) is 11.5. The second-order valence-corrected chi connectivity index (χ2v) is 9.24. The van der Waals surface area contributed by atoms with Gasteiger partial charge in [0.2, 0.25) is 10.0 Å². The highest BCUT2D eigenvalue weighted by molar-refractivity contribution is 7.89. The van der Waals surface area contributed by atoms with E-state index in [9.17, 15) is 8.42 Å². The molecule has 31 heavy (non-hydrogen) atoms. The van der Waals surface area contributed by atoms with Crippen molar-refractivity contribution in [3.8, 4) is 11.5 Å². The Bertz CT molecular complexity index is 960. The van der Waals surface area contributed by atoms with Gasteiger partial charge in [0.15, 0.2) is 17.5 Å². The second-order valence-electron chi connectivity index (χ2n) is 7.09. The fourth-order valence-electron chi connectivity index (χ4n) is 2.70. The summed E-state index contributed by atoms with van der Waals surface area (Å²) in [5.74, 6) is 2.03. The molecule has 0 aliphatic carbocycles. The molecule has 0 spiro atoms. The Morgan fingerprint density at radius 2 is 1.71 bits per heavy atom. The molecule has 0 amide bonds. The van der Waals surface area contributed by atoms with Gasteiger partial charge in [-0.25, -0.2) is 17.7 Å². The summed E-state index contributed by atoms with van der Waals surface area (Å²) < 4.78 is 36.8. The minimum atomic E-state index is -3.43. The monoisotopic (exact) mass is 448 g/mol. The molecule has 0 radical (unpaired) electrons. The van der Waals surface area contributed by atoms with Gasteiger partial charge in [0.1, 0.15) is 6.10 Å². The Kier molecular flexibility index (Phi) is 9.14. The summed E-state index contributed by atoms with van der Waals surface area (Å²) in [4.78, 5) is 4.84. The Labute approximate surface area is 185 Å². The molecule has 0 heterocycles. The zero-order valence-corrected chi connectivity index (χ0v) is 19.6. The Morgan fingerprint density at radius 3 is 2.29 bits per heavy atom. The van der Waals surface area contributed by atoms with Crippen molar-refractivity contribution < 1.29 is 17.9 Å². The molecule has 2 N–H and O–H groups in total. The Hall–Kier alpha value is -2.78. The van der Waals surface area contributed by atoms with Gasteiger partial charge in [0.05, 0.1) is 25.1 Å². The third-order valence-electron chi connectivity index (χ3n) is 4.42. The summed E-state index contributed by atoms with van der Waals surface area (Å²) in [5, 5.41) is 6.47. The van der Waals surface area contributed by atoms with Crippen LogP contribution in [0.25, 0.3) is 0 Å². The number of rotatable bonds is 10. The normalized spacial score (nSPS) is 13.0. The molecule has 0 bridgehead atoms. The van der Waals surface area contributed by atoms with Crippen LogP contribution in [0.1, 0.15) is 19.4 Å². The summed E-state index contributed by atoms with van der Waals surface area (Å²) in [6.45, 7) is 5.64. The van der Waals surface area contributed by atoms with Crippen molar-refractivity contribution in [1.82, 2.24) is 14.9 Å². The fourth-order valence-corrected chi connectivity index (χ4v) is 3.61. The van der Waals surface area contributed by atoms with Gasteiger partial charge in [-0.1, -0.05) is 24.3 Å². The van der Waals surface area contributed by atoms with Gasteiger partial charge in [0.25, 0.3) is 0 Å². The first-order valence-electron chi connectivity index (χ1n) is 10.1. The zero-order chi connectivity index (χ0) is 22.9. The molecular weight excluding hydrogens is 416 g/mol. The first-order chi connectivity index (χ1) is 14.8. The molecule has 0 saturated carbocycles. The van der Waals surface area contributed by atoms with Crippen molar-refractivity contribution in [2.24, 2.45) is 4.99 Å². The lowest BCUT2D eigenvalue weighted by Gasteiger charge is -2.19. The van der Waals surface area contributed by atoms with Gasteiger partial charge >= 0.3 is 0 Å². The van der Waals surface area contributed by atoms with Gasteiger partial charge in [-0.3, -0.25) is 0 Å². The smallest absolute Gasteiger partial charge is 0.242 e. The number of guanidine groups is 1. The maximum absolute atomic E-state index is 12.2. The molecule has 2 rings (SSSR count). The van der Waals surface area contributed by atoms with Crippen molar-refractivity contribution in [3.05, 3.63) is 54.1 Å². The topological polar surface area (TPSA) is 92.3 Å². The van der Waals surface area contributed by atoms with E-state index in [4.69, 9.17) is 9.47 Å². The van der Waals surface area contributed by atoms with Gasteiger partial charge in [-0.05, 0) is 43.7 Å². The van der Waals surface area contributed by atoms with Crippen LogP contribution in [-0.2, 0) is 16.6 Å². The highest BCUT2D eigenvalue weighted by atomic mass is 32.2. The molecule has 170 valence electrons. The maximum atomic E-state index is 12.2. The van der Waals surface area contributed by atoms with E-state index in [1.807, 2.05) is 38.1 Å². The number of ether oxygens (including phenoxy) is 2. The predicted octanol–water partition coefficient (Wildman–Crippen LogP) is 2.47. The van der Waals surface area contributed by atoms with E-state index in [1.165, 1.54) is 18.4 Å². The Morgan fingerprint density at radius 1 is 1.06 bits per heavy atom. The molecule has 1 unspecified atom stereocenters. The van der Waals surface area contributed by atoms with Crippen LogP contribution in [0.4, 0.5) is 0 Å². The number of nitrogens with zero attached hydrogens (tertiary/aromatic N) is 2. The predicted molar refractivity (Wildman–Crippen MR) is 123 cm³/mol. The van der Waals surface area contributed by atoms with E-state index in [0.717, 1.165) is 5.56 Å². The second kappa shape index (κ2) is 11.6. The van der Waals surface area contributed by atoms with E-state index in [2.05, 4.69) is 15.6 Å². The van der Waals surface area contributed by atoms with Gasteiger partial charge < -0.3 is 20.1 Å². The van der Waals surface area contributed by atoms with E-state index < -0.39 is 10.0 Å². The number of nitrogens with one attached hydrogen (secondary N) is 2. The molecule has 9 heteroatoms. The van der Waals surface area contributed by atoms with Crippen molar-refractivity contribution in [2.45, 2.75) is 31.4 Å². The summed E-state index contributed by atoms with van der Waals surface area (Å²) in [5.41, 5.74) is 0.910. The lowest BCUT2D eigenvalue weighted by Crippen LogP contribution is -2.41. The van der Waals surface area contributed by atoms with Crippen LogP contribution in [0.5, 0.6) is 11.5 Å². The van der Waals surface area contributed by atoms with E-state index in [0.29, 0.717) is 37.1 Å². The molecule has 2 aromatic rings. The highest BCUT2D eigenvalue weighted by Crippen LogP contribution is 2.26. The highest BCUT2D eigenvalue weighted by Gasteiger charge is 2.16. The van der Waals surface area contributed by atoms with Crippen LogP contribution in [0, 0.1) is 0 Å². The summed E-state index contributed by atoms with van der Waals surface area (Å²) in [7, 11) is 1.21. The number of hydrogen-bond donors (Lipinski definition) is 2. The van der Waals surface area contributed by atoms with Crippen LogP contribution < -0.4 is 20.1 Å². The molecular formula is C22H32N4O4S. The molecule has 0 aliphatic heterocycles. The average Bonchev–Trinajstić information content (AvgIpc) is 2.76. The third kappa shape index (κ3) is 7.15. The van der Waals surface area contributed by atoms with E-state index >= 15 is 0 Å². The molecule has 8 nitrogen and oxygen atoms in total.